The molecule has 1 amide bonds. The molecule has 0 aliphatic rings. The van der Waals surface area contributed by atoms with Gasteiger partial charge in [-0.05, 0) is 32.6 Å². The van der Waals surface area contributed by atoms with Crippen LogP contribution in [0.15, 0.2) is 0 Å². The Morgan fingerprint density at radius 2 is 2.00 bits per heavy atom. The molecular weight excluding hydrogens is 216 g/mol. The zero-order valence-corrected chi connectivity index (χ0v) is 11.9. The lowest BCUT2D eigenvalue weighted by Crippen LogP contribution is -2.52. The van der Waals surface area contributed by atoms with Gasteiger partial charge in [0.05, 0.1) is 6.10 Å². The molecule has 0 fully saturated rings. The van der Waals surface area contributed by atoms with Crippen molar-refractivity contribution < 1.29 is 9.53 Å². The van der Waals surface area contributed by atoms with E-state index >= 15 is 0 Å². The summed E-state index contributed by atoms with van der Waals surface area (Å²) in [6.45, 7) is 8.70. The molecule has 0 aromatic rings. The Hall–Kier alpha value is -0.610. The highest BCUT2D eigenvalue weighted by atomic mass is 16.5. The van der Waals surface area contributed by atoms with Gasteiger partial charge in [0.25, 0.3) is 0 Å². The van der Waals surface area contributed by atoms with Crippen LogP contribution in [-0.2, 0) is 9.53 Å². The van der Waals surface area contributed by atoms with Crippen LogP contribution >= 0.6 is 0 Å². The molecule has 2 unspecified atom stereocenters. The zero-order chi connectivity index (χ0) is 13.5. The first-order valence-electron chi connectivity index (χ1n) is 6.37. The molecule has 0 rings (SSSR count). The largest absolute Gasteiger partial charge is 0.382 e. The summed E-state index contributed by atoms with van der Waals surface area (Å²) in [6, 6.07) is 0. The maximum absolute atomic E-state index is 11.8. The Bertz CT molecular complexity index is 231. The highest BCUT2D eigenvalue weighted by Crippen LogP contribution is 2.15. The first kappa shape index (κ1) is 16.4. The summed E-state index contributed by atoms with van der Waals surface area (Å²) in [5.41, 5.74) is 5.46. The van der Waals surface area contributed by atoms with Crippen LogP contribution in [0.2, 0.25) is 0 Å². The van der Waals surface area contributed by atoms with E-state index in [0.717, 1.165) is 12.8 Å². The first-order chi connectivity index (χ1) is 7.83. The van der Waals surface area contributed by atoms with Gasteiger partial charge in [-0.1, -0.05) is 13.8 Å². The Kier molecular flexibility index (Phi) is 7.39. The van der Waals surface area contributed by atoms with Gasteiger partial charge in [0.1, 0.15) is 0 Å². The number of ether oxygens (including phenoxy) is 1. The summed E-state index contributed by atoms with van der Waals surface area (Å²) >= 11 is 0. The average Bonchev–Trinajstić information content (AvgIpc) is 2.24. The van der Waals surface area contributed by atoms with E-state index in [1.807, 2.05) is 13.8 Å². The number of hydrogen-bond donors (Lipinski definition) is 2. The maximum Gasteiger partial charge on any atom is 0.220 e. The monoisotopic (exact) mass is 244 g/mol. The fourth-order valence-corrected chi connectivity index (χ4v) is 1.94. The summed E-state index contributed by atoms with van der Waals surface area (Å²) < 4.78 is 5.12. The third-order valence-corrected chi connectivity index (χ3v) is 2.93. The number of amides is 1. The number of methoxy groups -OCH3 is 1. The van der Waals surface area contributed by atoms with Gasteiger partial charge in [-0.15, -0.1) is 0 Å². The Morgan fingerprint density at radius 1 is 1.41 bits per heavy atom. The summed E-state index contributed by atoms with van der Waals surface area (Å²) in [7, 11) is 1.66. The molecule has 2 atom stereocenters. The second-order valence-electron chi connectivity index (χ2n) is 5.50. The van der Waals surface area contributed by atoms with Crippen molar-refractivity contribution in [2.75, 3.05) is 13.7 Å². The number of rotatable bonds is 8. The molecule has 0 bridgehead atoms. The van der Waals surface area contributed by atoms with Crippen LogP contribution in [0.5, 0.6) is 0 Å². The molecule has 0 aromatic carbocycles. The Labute approximate surface area is 105 Å². The lowest BCUT2D eigenvalue weighted by atomic mass is 9.90. The van der Waals surface area contributed by atoms with Crippen LogP contribution in [0, 0.1) is 5.92 Å². The van der Waals surface area contributed by atoms with E-state index < -0.39 is 0 Å². The van der Waals surface area contributed by atoms with E-state index in [2.05, 4.69) is 19.2 Å². The third-order valence-electron chi connectivity index (χ3n) is 2.93. The quantitative estimate of drug-likeness (QED) is 0.683. The van der Waals surface area contributed by atoms with Crippen LogP contribution in [0.4, 0.5) is 0 Å². The third kappa shape index (κ3) is 7.34. The Morgan fingerprint density at radius 3 is 2.41 bits per heavy atom. The number of hydrogen-bond acceptors (Lipinski definition) is 3. The standard InChI is InChI=1S/C13H28N2O2/c1-10(2)8-13(4,9-14)15-12(16)7-6-11(3)17-5/h10-11H,6-9,14H2,1-5H3,(H,15,16). The second kappa shape index (κ2) is 7.67. The van der Waals surface area contributed by atoms with E-state index in [1.165, 1.54) is 0 Å². The van der Waals surface area contributed by atoms with Gasteiger partial charge < -0.3 is 15.8 Å². The zero-order valence-electron chi connectivity index (χ0n) is 11.9. The van der Waals surface area contributed by atoms with Gasteiger partial charge >= 0.3 is 0 Å². The van der Waals surface area contributed by atoms with Crippen molar-refractivity contribution in [3.8, 4) is 0 Å². The van der Waals surface area contributed by atoms with E-state index in [0.29, 0.717) is 18.9 Å². The topological polar surface area (TPSA) is 64.3 Å². The average molecular weight is 244 g/mol. The van der Waals surface area contributed by atoms with Crippen molar-refractivity contribution in [1.29, 1.82) is 0 Å². The SMILES string of the molecule is COC(C)CCC(=O)NC(C)(CN)CC(C)C. The molecule has 0 saturated carbocycles. The van der Waals surface area contributed by atoms with Gasteiger partial charge in [-0.3, -0.25) is 4.79 Å². The number of nitrogens with one attached hydrogen (secondary N) is 1. The number of carbonyl (C=O) groups is 1. The van der Waals surface area contributed by atoms with Gasteiger partial charge in [-0.25, -0.2) is 0 Å². The summed E-state index contributed by atoms with van der Waals surface area (Å²) in [5, 5.41) is 3.03. The smallest absolute Gasteiger partial charge is 0.220 e. The van der Waals surface area contributed by atoms with Gasteiger partial charge in [0.2, 0.25) is 5.91 Å². The normalized spacial score (nSPS) is 16.6. The summed E-state index contributed by atoms with van der Waals surface area (Å²) in [5.74, 6) is 0.573. The predicted octanol–water partition coefficient (Wildman–Crippen LogP) is 1.68. The molecule has 4 nitrogen and oxygen atoms in total. The molecule has 0 radical (unpaired) electrons. The number of carbonyl (C=O) groups excluding carboxylic acids is 1. The van der Waals surface area contributed by atoms with E-state index in [-0.39, 0.29) is 17.6 Å². The van der Waals surface area contributed by atoms with Crippen molar-refractivity contribution >= 4 is 5.91 Å². The molecule has 0 saturated heterocycles. The van der Waals surface area contributed by atoms with Crippen molar-refractivity contribution in [2.24, 2.45) is 11.7 Å². The second-order valence-corrected chi connectivity index (χ2v) is 5.50. The fraction of sp³-hybridized carbons (Fsp3) is 0.923. The molecule has 3 N–H and O–H groups in total. The molecule has 0 heterocycles. The molecule has 0 aromatic heterocycles. The molecule has 4 heteroatoms. The van der Waals surface area contributed by atoms with Gasteiger partial charge in [-0.2, -0.15) is 0 Å². The van der Waals surface area contributed by atoms with Crippen molar-refractivity contribution in [3.63, 3.8) is 0 Å². The van der Waals surface area contributed by atoms with Gasteiger partial charge in [0, 0.05) is 25.6 Å². The molecule has 102 valence electrons. The lowest BCUT2D eigenvalue weighted by molar-refractivity contribution is -0.123. The van der Waals surface area contributed by atoms with Crippen LogP contribution in [0.3, 0.4) is 0 Å². The fourth-order valence-electron chi connectivity index (χ4n) is 1.94. The lowest BCUT2D eigenvalue weighted by Gasteiger charge is -2.31. The Balaban J connectivity index is 4.14. The van der Waals surface area contributed by atoms with E-state index in [1.54, 1.807) is 7.11 Å². The highest BCUT2D eigenvalue weighted by molar-refractivity contribution is 5.76. The molecule has 0 spiro atoms. The molecule has 0 aliphatic heterocycles. The minimum atomic E-state index is -0.290. The first-order valence-corrected chi connectivity index (χ1v) is 6.37. The van der Waals surface area contributed by atoms with E-state index in [9.17, 15) is 4.79 Å². The van der Waals surface area contributed by atoms with Crippen molar-refractivity contribution in [1.82, 2.24) is 5.32 Å². The molecule has 0 aliphatic carbocycles. The van der Waals surface area contributed by atoms with Crippen molar-refractivity contribution in [3.05, 3.63) is 0 Å². The maximum atomic E-state index is 11.8. The van der Waals surface area contributed by atoms with Crippen LogP contribution < -0.4 is 11.1 Å². The predicted molar refractivity (Wildman–Crippen MR) is 70.8 cm³/mol. The summed E-state index contributed by atoms with van der Waals surface area (Å²) in [4.78, 5) is 11.8. The van der Waals surface area contributed by atoms with Crippen LogP contribution in [0.1, 0.15) is 47.0 Å². The highest BCUT2D eigenvalue weighted by Gasteiger charge is 2.25. The van der Waals surface area contributed by atoms with Crippen LogP contribution in [-0.4, -0.2) is 31.2 Å². The molecular formula is C13H28N2O2. The number of nitrogens with two attached hydrogens (primary N) is 1. The minimum Gasteiger partial charge on any atom is -0.382 e. The van der Waals surface area contributed by atoms with Gasteiger partial charge in [0.15, 0.2) is 0 Å². The van der Waals surface area contributed by atoms with E-state index in [4.69, 9.17) is 10.5 Å². The minimum absolute atomic E-state index is 0.0579. The summed E-state index contributed by atoms with van der Waals surface area (Å²) in [6.07, 6.45) is 2.25. The molecule has 17 heavy (non-hydrogen) atoms. The van der Waals surface area contributed by atoms with Crippen molar-refractivity contribution in [2.45, 2.75) is 58.6 Å². The van der Waals surface area contributed by atoms with Crippen LogP contribution in [0.25, 0.3) is 0 Å².